The van der Waals surface area contributed by atoms with Crippen LogP contribution in [0.25, 0.3) is 0 Å². The van der Waals surface area contributed by atoms with Crippen LogP contribution < -0.4 is 16.0 Å². The number of hydrogen-bond donors (Lipinski definition) is 2. The third-order valence-corrected chi connectivity index (χ3v) is 5.19. The van der Waals surface area contributed by atoms with Crippen LogP contribution in [-0.2, 0) is 0 Å². The van der Waals surface area contributed by atoms with E-state index in [1.54, 1.807) is 18.3 Å². The Bertz CT molecular complexity index is 935. The van der Waals surface area contributed by atoms with Gasteiger partial charge in [-0.25, -0.2) is 9.97 Å². The Hall–Kier alpha value is -3.41. The average molecular weight is 373 g/mol. The van der Waals surface area contributed by atoms with E-state index in [-0.39, 0.29) is 0 Å². The molecule has 0 spiro atoms. The lowest BCUT2D eigenvalue weighted by atomic mass is 9.89. The van der Waals surface area contributed by atoms with Crippen molar-refractivity contribution in [3.05, 3.63) is 78.1 Å². The minimum absolute atomic E-state index is 0.383. The summed E-state index contributed by atoms with van der Waals surface area (Å²) in [7, 11) is 0. The summed E-state index contributed by atoms with van der Waals surface area (Å²) in [6, 6.07) is 17.8. The van der Waals surface area contributed by atoms with Crippen molar-refractivity contribution in [3.63, 3.8) is 0 Å². The molecule has 0 bridgehead atoms. The van der Waals surface area contributed by atoms with Crippen molar-refractivity contribution < 1.29 is 4.79 Å². The molecule has 1 amide bonds. The molecule has 28 heavy (non-hydrogen) atoms. The van der Waals surface area contributed by atoms with E-state index in [2.05, 4.69) is 38.4 Å². The highest BCUT2D eigenvalue weighted by atomic mass is 16.1. The molecule has 1 aliphatic rings. The summed E-state index contributed by atoms with van der Waals surface area (Å²) in [5.74, 6) is 1.59. The highest BCUT2D eigenvalue weighted by Gasteiger charge is 2.21. The predicted molar refractivity (Wildman–Crippen MR) is 111 cm³/mol. The Morgan fingerprint density at radius 2 is 1.71 bits per heavy atom. The van der Waals surface area contributed by atoms with Gasteiger partial charge in [0.2, 0.25) is 0 Å². The van der Waals surface area contributed by atoms with E-state index >= 15 is 0 Å². The van der Waals surface area contributed by atoms with Crippen molar-refractivity contribution in [2.24, 2.45) is 5.73 Å². The molecule has 1 aliphatic heterocycles. The molecule has 0 saturated carbocycles. The molecule has 3 heterocycles. The smallest absolute Gasteiger partial charge is 0.252 e. The molecule has 6 heteroatoms. The summed E-state index contributed by atoms with van der Waals surface area (Å²) in [4.78, 5) is 22.6. The zero-order valence-corrected chi connectivity index (χ0v) is 15.6. The van der Waals surface area contributed by atoms with Crippen LogP contribution in [0.1, 0.15) is 34.7 Å². The molecule has 2 aromatic heterocycles. The quantitative estimate of drug-likeness (QED) is 0.712. The zero-order chi connectivity index (χ0) is 19.3. The molecule has 0 radical (unpaired) electrons. The molecule has 142 valence electrons. The van der Waals surface area contributed by atoms with Crippen LogP contribution in [0.5, 0.6) is 0 Å². The lowest BCUT2D eigenvalue weighted by Gasteiger charge is -2.33. The van der Waals surface area contributed by atoms with Gasteiger partial charge in [-0.2, -0.15) is 0 Å². The second kappa shape index (κ2) is 8.08. The normalized spacial score (nSPS) is 14.6. The number of hydrogen-bond acceptors (Lipinski definition) is 5. The molecule has 1 fully saturated rings. The summed E-state index contributed by atoms with van der Waals surface area (Å²) >= 11 is 0. The number of anilines is 3. The number of nitrogens with one attached hydrogen (secondary N) is 1. The number of aromatic nitrogens is 2. The van der Waals surface area contributed by atoms with E-state index in [4.69, 9.17) is 5.73 Å². The Morgan fingerprint density at radius 3 is 2.39 bits per heavy atom. The lowest BCUT2D eigenvalue weighted by molar-refractivity contribution is 0.100. The van der Waals surface area contributed by atoms with E-state index in [1.807, 2.05) is 30.5 Å². The largest absolute Gasteiger partial charge is 0.365 e. The van der Waals surface area contributed by atoms with Gasteiger partial charge in [0.25, 0.3) is 5.91 Å². The van der Waals surface area contributed by atoms with Gasteiger partial charge in [0.05, 0.1) is 5.56 Å². The molecule has 3 N–H and O–H groups in total. The molecule has 1 aromatic carbocycles. The summed E-state index contributed by atoms with van der Waals surface area (Å²) in [5.41, 5.74) is 8.02. The number of pyridine rings is 2. The van der Waals surface area contributed by atoms with Crippen LogP contribution in [0.15, 0.2) is 67.0 Å². The van der Waals surface area contributed by atoms with Crippen molar-refractivity contribution in [1.29, 1.82) is 0 Å². The Morgan fingerprint density at radius 1 is 0.964 bits per heavy atom. The Balaban J connectivity index is 1.40. The second-order valence-electron chi connectivity index (χ2n) is 6.96. The van der Waals surface area contributed by atoms with E-state index in [0.29, 0.717) is 17.3 Å². The molecular formula is C22H23N5O. The fourth-order valence-electron chi connectivity index (χ4n) is 3.66. The third kappa shape index (κ3) is 3.96. The molecule has 0 aliphatic carbocycles. The summed E-state index contributed by atoms with van der Waals surface area (Å²) < 4.78 is 0. The van der Waals surface area contributed by atoms with Crippen LogP contribution in [-0.4, -0.2) is 29.0 Å². The first-order valence-corrected chi connectivity index (χ1v) is 9.48. The SMILES string of the molecule is NC(=O)c1cccnc1Nc1ccc(C2CCN(c3ccccn3)CC2)cc1. The minimum Gasteiger partial charge on any atom is -0.365 e. The molecule has 0 atom stereocenters. The van der Waals surface area contributed by atoms with Gasteiger partial charge in [-0.3, -0.25) is 4.79 Å². The zero-order valence-electron chi connectivity index (χ0n) is 15.6. The van der Waals surface area contributed by atoms with Crippen molar-refractivity contribution in [1.82, 2.24) is 9.97 Å². The summed E-state index contributed by atoms with van der Waals surface area (Å²) in [5, 5.41) is 3.18. The van der Waals surface area contributed by atoms with Crippen molar-refractivity contribution in [2.75, 3.05) is 23.3 Å². The number of carbonyl (C=O) groups excluding carboxylic acids is 1. The first kappa shape index (κ1) is 18.0. The van der Waals surface area contributed by atoms with Gasteiger partial charge in [0, 0.05) is 31.2 Å². The van der Waals surface area contributed by atoms with E-state index in [1.165, 1.54) is 5.56 Å². The van der Waals surface area contributed by atoms with E-state index in [0.717, 1.165) is 37.4 Å². The fourth-order valence-corrected chi connectivity index (χ4v) is 3.66. The minimum atomic E-state index is -0.494. The Labute approximate surface area is 164 Å². The summed E-state index contributed by atoms with van der Waals surface area (Å²) in [6.07, 6.45) is 5.70. The maximum atomic E-state index is 11.5. The molecule has 6 nitrogen and oxygen atoms in total. The average Bonchev–Trinajstić information content (AvgIpc) is 2.75. The van der Waals surface area contributed by atoms with E-state index in [9.17, 15) is 4.79 Å². The molecule has 4 rings (SSSR count). The number of carbonyl (C=O) groups is 1. The van der Waals surface area contributed by atoms with Crippen molar-refractivity contribution >= 4 is 23.2 Å². The number of nitrogens with zero attached hydrogens (tertiary/aromatic N) is 3. The topological polar surface area (TPSA) is 84.1 Å². The second-order valence-corrected chi connectivity index (χ2v) is 6.96. The number of rotatable bonds is 5. The molecule has 3 aromatic rings. The maximum absolute atomic E-state index is 11.5. The molecule has 1 saturated heterocycles. The number of benzene rings is 1. The number of primary amides is 1. The van der Waals surface area contributed by atoms with Crippen LogP contribution in [0.3, 0.4) is 0 Å². The molecular weight excluding hydrogens is 350 g/mol. The number of amides is 1. The lowest BCUT2D eigenvalue weighted by Crippen LogP contribution is -2.33. The summed E-state index contributed by atoms with van der Waals surface area (Å²) in [6.45, 7) is 2.02. The van der Waals surface area contributed by atoms with Gasteiger partial charge < -0.3 is 16.0 Å². The predicted octanol–water partition coefficient (Wildman–Crippen LogP) is 3.70. The monoisotopic (exact) mass is 373 g/mol. The highest BCUT2D eigenvalue weighted by Crippen LogP contribution is 2.31. The van der Waals surface area contributed by atoms with Gasteiger partial charge in [-0.05, 0) is 60.7 Å². The number of nitrogens with two attached hydrogens (primary N) is 1. The first-order chi connectivity index (χ1) is 13.7. The van der Waals surface area contributed by atoms with Gasteiger partial charge in [-0.15, -0.1) is 0 Å². The Kier molecular flexibility index (Phi) is 5.19. The fraction of sp³-hybridized carbons (Fsp3) is 0.227. The van der Waals surface area contributed by atoms with Gasteiger partial charge >= 0.3 is 0 Å². The van der Waals surface area contributed by atoms with Gasteiger partial charge in [0.15, 0.2) is 0 Å². The highest BCUT2D eigenvalue weighted by molar-refractivity contribution is 5.98. The maximum Gasteiger partial charge on any atom is 0.252 e. The standard InChI is InChI=1S/C22H23N5O/c23-21(28)19-4-3-13-25-22(19)26-18-8-6-16(7-9-18)17-10-14-27(15-11-17)20-5-1-2-12-24-20/h1-9,12-13,17H,10-11,14-15H2,(H2,23,28)(H,25,26). The van der Waals surface area contributed by atoms with Gasteiger partial charge in [-0.1, -0.05) is 18.2 Å². The van der Waals surface area contributed by atoms with Crippen LogP contribution >= 0.6 is 0 Å². The van der Waals surface area contributed by atoms with Gasteiger partial charge in [0.1, 0.15) is 11.6 Å². The van der Waals surface area contributed by atoms with E-state index < -0.39 is 5.91 Å². The van der Waals surface area contributed by atoms with Crippen LogP contribution in [0, 0.1) is 0 Å². The van der Waals surface area contributed by atoms with Crippen LogP contribution in [0.2, 0.25) is 0 Å². The van der Waals surface area contributed by atoms with Crippen LogP contribution in [0.4, 0.5) is 17.3 Å². The number of piperidine rings is 1. The van der Waals surface area contributed by atoms with Crippen molar-refractivity contribution in [2.45, 2.75) is 18.8 Å². The van der Waals surface area contributed by atoms with Crippen molar-refractivity contribution in [3.8, 4) is 0 Å². The first-order valence-electron chi connectivity index (χ1n) is 9.48. The third-order valence-electron chi connectivity index (χ3n) is 5.19. The molecule has 0 unspecified atom stereocenters.